The number of likely N-dealkylation sites (tertiary alicyclic amines) is 1. The number of methoxy groups -OCH3 is 1. The predicted molar refractivity (Wildman–Crippen MR) is 113 cm³/mol. The molecule has 2 aromatic carbocycles. The molecule has 1 saturated heterocycles. The van der Waals surface area contributed by atoms with Gasteiger partial charge in [-0.3, -0.25) is 9.89 Å². The lowest BCUT2D eigenvalue weighted by atomic mass is 10.1. The number of hydrogen-bond acceptors (Lipinski definition) is 3. The molecule has 1 fully saturated rings. The highest BCUT2D eigenvalue weighted by Gasteiger charge is 2.31. The Balaban J connectivity index is 1.60. The van der Waals surface area contributed by atoms with E-state index in [0.29, 0.717) is 18.0 Å². The molecule has 2 atom stereocenters. The summed E-state index contributed by atoms with van der Waals surface area (Å²) in [5, 5.41) is 9.47. The lowest BCUT2D eigenvalue weighted by Crippen LogP contribution is -2.46. The van der Waals surface area contributed by atoms with Crippen LogP contribution in [0.5, 0.6) is 5.75 Å². The second-order valence-corrected chi connectivity index (χ2v) is 7.75. The Bertz CT molecular complexity index is 802. The van der Waals surface area contributed by atoms with Crippen molar-refractivity contribution in [2.24, 2.45) is 10.9 Å². The van der Waals surface area contributed by atoms with Crippen molar-refractivity contribution in [2.45, 2.75) is 39.4 Å². The number of aliphatic imine (C=N–C) groups is 1. The van der Waals surface area contributed by atoms with Crippen molar-refractivity contribution in [3.8, 4) is 5.75 Å². The van der Waals surface area contributed by atoms with Crippen molar-refractivity contribution >= 4 is 16.7 Å². The van der Waals surface area contributed by atoms with Crippen LogP contribution in [-0.4, -0.2) is 50.2 Å². The third-order valence-corrected chi connectivity index (χ3v) is 5.49. The minimum atomic E-state index is 0.433. The third-order valence-electron chi connectivity index (χ3n) is 5.49. The first-order chi connectivity index (χ1) is 13.0. The molecule has 0 aliphatic carbocycles. The molecular formula is C22H32N4O. The van der Waals surface area contributed by atoms with E-state index < -0.39 is 0 Å². The van der Waals surface area contributed by atoms with Crippen LogP contribution >= 0.6 is 0 Å². The van der Waals surface area contributed by atoms with Crippen molar-refractivity contribution in [3.63, 3.8) is 0 Å². The molecule has 27 heavy (non-hydrogen) atoms. The van der Waals surface area contributed by atoms with E-state index in [1.54, 1.807) is 7.11 Å². The first kappa shape index (κ1) is 19.5. The largest absolute Gasteiger partial charge is 0.497 e. The molecule has 0 amide bonds. The van der Waals surface area contributed by atoms with Gasteiger partial charge in [-0.2, -0.15) is 0 Å². The number of hydrogen-bond donors (Lipinski definition) is 2. The van der Waals surface area contributed by atoms with Gasteiger partial charge in [0.2, 0.25) is 0 Å². The van der Waals surface area contributed by atoms with Crippen LogP contribution in [0.1, 0.15) is 26.3 Å². The van der Waals surface area contributed by atoms with E-state index in [1.165, 1.54) is 16.3 Å². The highest BCUT2D eigenvalue weighted by Crippen LogP contribution is 2.22. The number of ether oxygens (including phenoxy) is 1. The molecule has 2 unspecified atom stereocenters. The lowest BCUT2D eigenvalue weighted by Gasteiger charge is -2.22. The summed E-state index contributed by atoms with van der Waals surface area (Å²) in [5.74, 6) is 2.37. The molecule has 146 valence electrons. The Labute approximate surface area is 162 Å². The summed E-state index contributed by atoms with van der Waals surface area (Å²) < 4.78 is 5.30. The summed E-state index contributed by atoms with van der Waals surface area (Å²) in [5.41, 5.74) is 1.24. The summed E-state index contributed by atoms with van der Waals surface area (Å²) in [6.45, 7) is 9.79. The highest BCUT2D eigenvalue weighted by atomic mass is 16.5. The number of nitrogens with zero attached hydrogens (tertiary/aromatic N) is 2. The minimum Gasteiger partial charge on any atom is -0.497 e. The second kappa shape index (κ2) is 8.61. The van der Waals surface area contributed by atoms with Gasteiger partial charge in [0, 0.05) is 38.8 Å². The summed E-state index contributed by atoms with van der Waals surface area (Å²) >= 11 is 0. The molecule has 0 saturated carbocycles. The maximum atomic E-state index is 5.30. The van der Waals surface area contributed by atoms with Crippen molar-refractivity contribution in [1.29, 1.82) is 0 Å². The number of fused-ring (bicyclic) bond motifs is 1. The van der Waals surface area contributed by atoms with Gasteiger partial charge in [-0.05, 0) is 54.3 Å². The molecule has 2 N–H and O–H groups in total. The normalized spacial score (nSPS) is 21.0. The highest BCUT2D eigenvalue weighted by molar-refractivity contribution is 5.85. The fourth-order valence-electron chi connectivity index (χ4n) is 3.68. The molecule has 3 rings (SSSR count). The molecule has 5 nitrogen and oxygen atoms in total. The van der Waals surface area contributed by atoms with E-state index in [0.717, 1.165) is 31.3 Å². The molecule has 2 aromatic rings. The van der Waals surface area contributed by atoms with E-state index in [2.05, 4.69) is 71.6 Å². The molecule has 5 heteroatoms. The Kier molecular flexibility index (Phi) is 6.22. The average molecular weight is 369 g/mol. The molecule has 0 radical (unpaired) electrons. The van der Waals surface area contributed by atoms with Gasteiger partial charge in [0.25, 0.3) is 0 Å². The van der Waals surface area contributed by atoms with E-state index >= 15 is 0 Å². The Morgan fingerprint density at radius 2 is 1.93 bits per heavy atom. The maximum Gasteiger partial charge on any atom is 0.191 e. The first-order valence-electron chi connectivity index (χ1n) is 9.78. The molecule has 1 aliphatic rings. The van der Waals surface area contributed by atoms with Crippen LogP contribution in [0, 0.1) is 5.92 Å². The maximum absolute atomic E-state index is 5.30. The topological polar surface area (TPSA) is 48.9 Å². The van der Waals surface area contributed by atoms with Crippen molar-refractivity contribution in [2.75, 3.05) is 27.2 Å². The van der Waals surface area contributed by atoms with Gasteiger partial charge in [-0.15, -0.1) is 0 Å². The molecule has 0 bridgehead atoms. The van der Waals surface area contributed by atoms with Crippen LogP contribution in [0.3, 0.4) is 0 Å². The van der Waals surface area contributed by atoms with Gasteiger partial charge in [-0.1, -0.05) is 25.1 Å². The zero-order chi connectivity index (χ0) is 19.4. The van der Waals surface area contributed by atoms with Gasteiger partial charge in [0.15, 0.2) is 5.96 Å². The van der Waals surface area contributed by atoms with E-state index in [-0.39, 0.29) is 0 Å². The van der Waals surface area contributed by atoms with Gasteiger partial charge < -0.3 is 15.4 Å². The monoisotopic (exact) mass is 368 g/mol. The second-order valence-electron chi connectivity index (χ2n) is 7.75. The zero-order valence-corrected chi connectivity index (χ0v) is 17.1. The lowest BCUT2D eigenvalue weighted by molar-refractivity contribution is 0.265. The SMILES string of the molecule is CN=C(NCc1ccc2cc(OC)ccc2c1)NC1CN(C(C)C)CC1C. The fourth-order valence-corrected chi connectivity index (χ4v) is 3.68. The Morgan fingerprint density at radius 1 is 1.19 bits per heavy atom. The van der Waals surface area contributed by atoms with Gasteiger partial charge in [0.1, 0.15) is 5.75 Å². The molecule has 1 aliphatic heterocycles. The predicted octanol–water partition coefficient (Wildman–Crippen LogP) is 3.24. The quantitative estimate of drug-likeness (QED) is 0.628. The van der Waals surface area contributed by atoms with E-state index in [4.69, 9.17) is 4.74 Å². The number of rotatable bonds is 5. The van der Waals surface area contributed by atoms with Crippen molar-refractivity contribution in [3.05, 3.63) is 42.0 Å². The van der Waals surface area contributed by atoms with Crippen LogP contribution in [0.4, 0.5) is 0 Å². The van der Waals surface area contributed by atoms with Crippen LogP contribution in [0.25, 0.3) is 10.8 Å². The summed E-state index contributed by atoms with van der Waals surface area (Å²) in [6, 6.07) is 13.7. The van der Waals surface area contributed by atoms with Gasteiger partial charge >= 0.3 is 0 Å². The fraction of sp³-hybridized carbons (Fsp3) is 0.500. The summed E-state index contributed by atoms with van der Waals surface area (Å²) in [6.07, 6.45) is 0. The number of nitrogens with one attached hydrogen (secondary N) is 2. The smallest absolute Gasteiger partial charge is 0.191 e. The molecule has 1 heterocycles. The number of benzene rings is 2. The molecular weight excluding hydrogens is 336 g/mol. The zero-order valence-electron chi connectivity index (χ0n) is 17.1. The molecule has 0 spiro atoms. The summed E-state index contributed by atoms with van der Waals surface area (Å²) in [4.78, 5) is 6.94. The average Bonchev–Trinajstić information content (AvgIpc) is 3.05. The van der Waals surface area contributed by atoms with Crippen LogP contribution in [-0.2, 0) is 6.54 Å². The number of guanidine groups is 1. The van der Waals surface area contributed by atoms with Crippen molar-refractivity contribution in [1.82, 2.24) is 15.5 Å². The van der Waals surface area contributed by atoms with E-state index in [9.17, 15) is 0 Å². The minimum absolute atomic E-state index is 0.433. The van der Waals surface area contributed by atoms with Crippen LogP contribution < -0.4 is 15.4 Å². The van der Waals surface area contributed by atoms with Crippen LogP contribution in [0.2, 0.25) is 0 Å². The van der Waals surface area contributed by atoms with Crippen molar-refractivity contribution < 1.29 is 4.74 Å². The molecule has 0 aromatic heterocycles. The Hall–Kier alpha value is -2.27. The van der Waals surface area contributed by atoms with Gasteiger partial charge in [-0.25, -0.2) is 0 Å². The standard InChI is InChI=1S/C22H32N4O/c1-15(2)26-13-16(3)21(14-26)25-22(23-4)24-12-17-6-7-19-11-20(27-5)9-8-18(19)10-17/h6-11,15-16,21H,12-14H2,1-5H3,(H2,23,24,25). The van der Waals surface area contributed by atoms with E-state index in [1.807, 2.05) is 13.1 Å². The third kappa shape index (κ3) is 4.72. The van der Waals surface area contributed by atoms with Crippen LogP contribution in [0.15, 0.2) is 41.4 Å². The first-order valence-corrected chi connectivity index (χ1v) is 9.78. The Morgan fingerprint density at radius 3 is 2.59 bits per heavy atom. The van der Waals surface area contributed by atoms with Gasteiger partial charge in [0.05, 0.1) is 7.11 Å². The summed E-state index contributed by atoms with van der Waals surface area (Å²) in [7, 11) is 3.53.